The third kappa shape index (κ3) is 4.97. The molecule has 0 heterocycles. The second-order valence-corrected chi connectivity index (χ2v) is 5.48. The van der Waals surface area contributed by atoms with Crippen molar-refractivity contribution in [2.45, 2.75) is 46.2 Å². The Morgan fingerprint density at radius 3 is 2.52 bits per heavy atom. The molecule has 0 saturated heterocycles. The maximum Gasteiger partial charge on any atom is 0.131 e. The van der Waals surface area contributed by atoms with Gasteiger partial charge < -0.3 is 15.0 Å². The van der Waals surface area contributed by atoms with E-state index in [1.807, 2.05) is 13.0 Å². The highest BCUT2D eigenvalue weighted by atomic mass is 19.1. The third-order valence-electron chi connectivity index (χ3n) is 3.87. The Morgan fingerprint density at radius 1 is 1.29 bits per heavy atom. The topological polar surface area (TPSA) is 24.5 Å². The Kier molecular flexibility index (Phi) is 7.68. The van der Waals surface area contributed by atoms with Crippen LogP contribution in [0.1, 0.15) is 45.7 Å². The van der Waals surface area contributed by atoms with Gasteiger partial charge in [-0.15, -0.1) is 0 Å². The normalized spacial score (nSPS) is 13.0. The van der Waals surface area contributed by atoms with Gasteiger partial charge in [-0.25, -0.2) is 4.39 Å². The molecule has 1 atom stereocenters. The fourth-order valence-electron chi connectivity index (χ4n) is 2.70. The van der Waals surface area contributed by atoms with Gasteiger partial charge in [-0.1, -0.05) is 19.9 Å². The lowest BCUT2D eigenvalue weighted by atomic mass is 10.0. The third-order valence-corrected chi connectivity index (χ3v) is 3.87. The summed E-state index contributed by atoms with van der Waals surface area (Å²) >= 11 is 0. The van der Waals surface area contributed by atoms with E-state index in [0.29, 0.717) is 17.4 Å². The first-order valence-corrected chi connectivity index (χ1v) is 7.84. The molecule has 0 aliphatic heterocycles. The zero-order valence-electron chi connectivity index (χ0n) is 13.9. The highest BCUT2D eigenvalue weighted by Crippen LogP contribution is 2.30. The van der Waals surface area contributed by atoms with Crippen LogP contribution in [0.2, 0.25) is 0 Å². The van der Waals surface area contributed by atoms with Crippen molar-refractivity contribution >= 4 is 0 Å². The zero-order valence-corrected chi connectivity index (χ0v) is 13.9. The second kappa shape index (κ2) is 9.00. The maximum atomic E-state index is 14.2. The molecule has 4 heteroatoms. The fourth-order valence-corrected chi connectivity index (χ4v) is 2.70. The summed E-state index contributed by atoms with van der Waals surface area (Å²) in [6.45, 7) is 11.3. The van der Waals surface area contributed by atoms with E-state index in [0.717, 1.165) is 26.1 Å². The van der Waals surface area contributed by atoms with Gasteiger partial charge in [-0.05, 0) is 45.5 Å². The molecule has 1 aromatic rings. The van der Waals surface area contributed by atoms with Crippen LogP contribution >= 0.6 is 0 Å². The highest BCUT2D eigenvalue weighted by Gasteiger charge is 2.20. The molecular formula is C17H29FN2O. The Balaban J connectivity index is 2.91. The molecular weight excluding hydrogens is 267 g/mol. The fraction of sp³-hybridized carbons (Fsp3) is 0.647. The minimum absolute atomic E-state index is 0.0288. The summed E-state index contributed by atoms with van der Waals surface area (Å²) in [5.74, 6) is 0.418. The van der Waals surface area contributed by atoms with Gasteiger partial charge in [0.05, 0.1) is 7.11 Å². The van der Waals surface area contributed by atoms with Crippen molar-refractivity contribution in [1.82, 2.24) is 10.2 Å². The van der Waals surface area contributed by atoms with Crippen LogP contribution in [0, 0.1) is 5.82 Å². The molecule has 120 valence electrons. The molecule has 1 rings (SSSR count). The van der Waals surface area contributed by atoms with Gasteiger partial charge in [0.2, 0.25) is 0 Å². The number of nitrogens with zero attached hydrogens (tertiary/aromatic N) is 1. The number of methoxy groups -OCH3 is 1. The van der Waals surface area contributed by atoms with E-state index in [-0.39, 0.29) is 11.9 Å². The highest BCUT2D eigenvalue weighted by molar-refractivity contribution is 5.37. The molecule has 0 aromatic heterocycles. The van der Waals surface area contributed by atoms with E-state index in [1.165, 1.54) is 6.07 Å². The average molecular weight is 296 g/mol. The van der Waals surface area contributed by atoms with Gasteiger partial charge in [0.1, 0.15) is 11.6 Å². The van der Waals surface area contributed by atoms with Crippen LogP contribution in [-0.2, 0) is 0 Å². The summed E-state index contributed by atoms with van der Waals surface area (Å²) in [5.41, 5.74) is 0.640. The van der Waals surface area contributed by atoms with Gasteiger partial charge in [0, 0.05) is 24.2 Å². The molecule has 3 nitrogen and oxygen atoms in total. The average Bonchev–Trinajstić information content (AvgIpc) is 2.46. The number of ether oxygens (including phenoxy) is 1. The predicted octanol–water partition coefficient (Wildman–Crippen LogP) is 3.61. The lowest BCUT2D eigenvalue weighted by Crippen LogP contribution is -2.34. The number of nitrogens with one attached hydrogen (secondary N) is 1. The van der Waals surface area contributed by atoms with Gasteiger partial charge in [0.15, 0.2) is 0 Å². The Morgan fingerprint density at radius 2 is 2.00 bits per heavy atom. The zero-order chi connectivity index (χ0) is 15.8. The summed E-state index contributed by atoms with van der Waals surface area (Å²) in [5, 5.41) is 3.39. The van der Waals surface area contributed by atoms with Gasteiger partial charge >= 0.3 is 0 Å². The van der Waals surface area contributed by atoms with E-state index in [9.17, 15) is 4.39 Å². The first kappa shape index (κ1) is 17.9. The molecule has 21 heavy (non-hydrogen) atoms. The van der Waals surface area contributed by atoms with Crippen LogP contribution in [0.15, 0.2) is 18.2 Å². The Labute approximate surface area is 128 Å². The van der Waals surface area contributed by atoms with Crippen molar-refractivity contribution in [3.63, 3.8) is 0 Å². The molecule has 0 aliphatic rings. The van der Waals surface area contributed by atoms with Crippen LogP contribution < -0.4 is 10.1 Å². The molecule has 1 unspecified atom stereocenters. The number of rotatable bonds is 9. The molecule has 0 bridgehead atoms. The van der Waals surface area contributed by atoms with E-state index < -0.39 is 0 Å². The van der Waals surface area contributed by atoms with Crippen molar-refractivity contribution in [2.75, 3.05) is 26.7 Å². The van der Waals surface area contributed by atoms with Crippen LogP contribution in [0.25, 0.3) is 0 Å². The summed E-state index contributed by atoms with van der Waals surface area (Å²) in [7, 11) is 1.59. The van der Waals surface area contributed by atoms with Crippen LogP contribution in [0.3, 0.4) is 0 Å². The van der Waals surface area contributed by atoms with Crippen LogP contribution in [0.4, 0.5) is 4.39 Å². The smallest absolute Gasteiger partial charge is 0.131 e. The minimum atomic E-state index is -0.201. The quantitative estimate of drug-likeness (QED) is 0.753. The molecule has 0 spiro atoms. The number of halogens is 1. The van der Waals surface area contributed by atoms with E-state index >= 15 is 0 Å². The van der Waals surface area contributed by atoms with Crippen molar-refractivity contribution in [1.29, 1.82) is 0 Å². The van der Waals surface area contributed by atoms with E-state index in [2.05, 4.69) is 31.0 Å². The summed E-state index contributed by atoms with van der Waals surface area (Å²) in [6.07, 6.45) is 0.858. The summed E-state index contributed by atoms with van der Waals surface area (Å²) in [4.78, 5) is 2.39. The molecule has 0 amide bonds. The SMILES string of the molecule is CCNC(CCN(CC)C(C)C)c1c(F)cccc1OC. The minimum Gasteiger partial charge on any atom is -0.496 e. The summed E-state index contributed by atoms with van der Waals surface area (Å²) < 4.78 is 19.6. The number of benzene rings is 1. The largest absolute Gasteiger partial charge is 0.496 e. The van der Waals surface area contributed by atoms with E-state index in [4.69, 9.17) is 4.74 Å². The van der Waals surface area contributed by atoms with Crippen LogP contribution in [0.5, 0.6) is 5.75 Å². The predicted molar refractivity (Wildman–Crippen MR) is 86.4 cm³/mol. The molecule has 0 fully saturated rings. The Bertz CT molecular complexity index is 423. The van der Waals surface area contributed by atoms with Crippen molar-refractivity contribution < 1.29 is 9.13 Å². The molecule has 0 aliphatic carbocycles. The number of hydrogen-bond acceptors (Lipinski definition) is 3. The lowest BCUT2D eigenvalue weighted by molar-refractivity contribution is 0.219. The second-order valence-electron chi connectivity index (χ2n) is 5.48. The number of hydrogen-bond donors (Lipinski definition) is 1. The van der Waals surface area contributed by atoms with Gasteiger partial charge in [0.25, 0.3) is 0 Å². The van der Waals surface area contributed by atoms with Crippen molar-refractivity contribution in [3.8, 4) is 5.75 Å². The maximum absolute atomic E-state index is 14.2. The monoisotopic (exact) mass is 296 g/mol. The Hall–Kier alpha value is -1.13. The molecule has 1 aromatic carbocycles. The molecule has 0 saturated carbocycles. The lowest BCUT2D eigenvalue weighted by Gasteiger charge is -2.28. The first-order valence-electron chi connectivity index (χ1n) is 7.84. The van der Waals surface area contributed by atoms with Gasteiger partial charge in [-0.2, -0.15) is 0 Å². The van der Waals surface area contributed by atoms with Crippen molar-refractivity contribution in [3.05, 3.63) is 29.6 Å². The van der Waals surface area contributed by atoms with E-state index in [1.54, 1.807) is 13.2 Å². The van der Waals surface area contributed by atoms with Crippen LogP contribution in [-0.4, -0.2) is 37.7 Å². The first-order chi connectivity index (χ1) is 10.0. The van der Waals surface area contributed by atoms with Crippen molar-refractivity contribution in [2.24, 2.45) is 0 Å². The molecule has 0 radical (unpaired) electrons. The molecule has 1 N–H and O–H groups in total. The van der Waals surface area contributed by atoms with Gasteiger partial charge in [-0.3, -0.25) is 0 Å². The standard InChI is InChI=1S/C17H29FN2O/c1-6-19-15(11-12-20(7-2)13(3)4)17-14(18)9-8-10-16(17)21-5/h8-10,13,15,19H,6-7,11-12H2,1-5H3. The summed E-state index contributed by atoms with van der Waals surface area (Å²) in [6, 6.07) is 5.48.